The third kappa shape index (κ3) is 2.86. The van der Waals surface area contributed by atoms with E-state index in [0.717, 1.165) is 6.07 Å². The number of anilines is 2. The van der Waals surface area contributed by atoms with E-state index in [1.807, 2.05) is 0 Å². The predicted octanol–water partition coefficient (Wildman–Crippen LogP) is 3.52. The molecule has 0 fully saturated rings. The minimum atomic E-state index is -0.864. The Bertz CT molecular complexity index is 669. The molecule has 3 nitrogen and oxygen atoms in total. The van der Waals surface area contributed by atoms with Crippen molar-refractivity contribution in [3.8, 4) is 0 Å². The molecule has 2 rings (SSSR count). The first-order chi connectivity index (χ1) is 9.95. The molecule has 0 heterocycles. The van der Waals surface area contributed by atoms with Crippen molar-refractivity contribution in [2.45, 2.75) is 13.8 Å². The highest BCUT2D eigenvalue weighted by molar-refractivity contribution is 6.06. The van der Waals surface area contributed by atoms with Crippen molar-refractivity contribution >= 4 is 17.3 Å². The number of nitrogens with zero attached hydrogens (tertiary/aromatic N) is 1. The second kappa shape index (κ2) is 5.91. The lowest BCUT2D eigenvalue weighted by atomic mass is 10.1. The largest absolute Gasteiger partial charge is 0.399 e. The summed E-state index contributed by atoms with van der Waals surface area (Å²) < 4.78 is 27.9. The summed E-state index contributed by atoms with van der Waals surface area (Å²) in [4.78, 5) is 13.8. The number of hydrogen-bond acceptors (Lipinski definition) is 2. The van der Waals surface area contributed by atoms with Gasteiger partial charge in [-0.1, -0.05) is 6.07 Å². The van der Waals surface area contributed by atoms with Crippen molar-refractivity contribution < 1.29 is 13.6 Å². The maximum Gasteiger partial charge on any atom is 0.264 e. The van der Waals surface area contributed by atoms with Crippen molar-refractivity contribution in [2.75, 3.05) is 17.2 Å². The summed E-state index contributed by atoms with van der Waals surface area (Å²) in [7, 11) is 0. The molecule has 2 aromatic carbocycles. The van der Waals surface area contributed by atoms with E-state index in [4.69, 9.17) is 5.73 Å². The average molecular weight is 290 g/mol. The molecular formula is C16H16F2N2O. The summed E-state index contributed by atoms with van der Waals surface area (Å²) in [5.41, 5.74) is 6.39. The summed E-state index contributed by atoms with van der Waals surface area (Å²) in [5.74, 6) is -2.40. The first kappa shape index (κ1) is 15.0. The summed E-state index contributed by atoms with van der Waals surface area (Å²) in [5, 5.41) is 0. The Balaban J connectivity index is 2.46. The third-order valence-corrected chi connectivity index (χ3v) is 3.26. The Hall–Kier alpha value is -2.43. The molecule has 0 aliphatic heterocycles. The molecule has 0 unspecified atom stereocenters. The molecule has 0 atom stereocenters. The number of carbonyl (C=O) groups is 1. The number of hydrogen-bond donors (Lipinski definition) is 1. The quantitative estimate of drug-likeness (QED) is 0.879. The molecule has 2 N–H and O–H groups in total. The summed E-state index contributed by atoms with van der Waals surface area (Å²) in [6, 6.07) is 8.95. The first-order valence-corrected chi connectivity index (χ1v) is 6.57. The topological polar surface area (TPSA) is 46.3 Å². The Labute approximate surface area is 122 Å². The van der Waals surface area contributed by atoms with Gasteiger partial charge in [0.1, 0.15) is 17.2 Å². The van der Waals surface area contributed by atoms with Gasteiger partial charge in [0.2, 0.25) is 0 Å². The number of halogens is 2. The van der Waals surface area contributed by atoms with E-state index in [9.17, 15) is 13.6 Å². The lowest BCUT2D eigenvalue weighted by Gasteiger charge is -2.22. The average Bonchev–Trinajstić information content (AvgIpc) is 2.46. The molecule has 110 valence electrons. The Morgan fingerprint density at radius 3 is 2.33 bits per heavy atom. The van der Waals surface area contributed by atoms with Crippen LogP contribution in [0, 0.1) is 18.6 Å². The smallest absolute Gasteiger partial charge is 0.264 e. The summed E-state index contributed by atoms with van der Waals surface area (Å²) >= 11 is 0. The molecule has 0 aliphatic rings. The summed E-state index contributed by atoms with van der Waals surface area (Å²) in [6.45, 7) is 3.51. The maximum absolute atomic E-state index is 14.1. The SMILES string of the molecule is CCN(C(=O)c1c(F)ccc(C)c1F)c1ccc(N)cc1. The van der Waals surface area contributed by atoms with Crippen LogP contribution in [0.2, 0.25) is 0 Å². The zero-order chi connectivity index (χ0) is 15.6. The van der Waals surface area contributed by atoms with Gasteiger partial charge in [-0.25, -0.2) is 8.78 Å². The lowest BCUT2D eigenvalue weighted by Crippen LogP contribution is -2.32. The number of nitrogens with two attached hydrogens (primary N) is 1. The van der Waals surface area contributed by atoms with Crippen LogP contribution in [0.25, 0.3) is 0 Å². The van der Waals surface area contributed by atoms with Gasteiger partial charge in [-0.2, -0.15) is 0 Å². The van der Waals surface area contributed by atoms with Crippen molar-refractivity contribution in [3.63, 3.8) is 0 Å². The van der Waals surface area contributed by atoms with Crippen LogP contribution in [-0.4, -0.2) is 12.5 Å². The second-order valence-electron chi connectivity index (χ2n) is 4.69. The number of rotatable bonds is 3. The molecule has 1 amide bonds. The van der Waals surface area contributed by atoms with Crippen molar-refractivity contribution in [1.82, 2.24) is 0 Å². The van der Waals surface area contributed by atoms with E-state index in [1.54, 1.807) is 31.2 Å². The van der Waals surface area contributed by atoms with E-state index >= 15 is 0 Å². The molecule has 0 radical (unpaired) electrons. The molecule has 0 aliphatic carbocycles. The first-order valence-electron chi connectivity index (χ1n) is 6.57. The van der Waals surface area contributed by atoms with E-state index < -0.39 is 23.1 Å². The van der Waals surface area contributed by atoms with Gasteiger partial charge < -0.3 is 10.6 Å². The van der Waals surface area contributed by atoms with Crippen LogP contribution in [-0.2, 0) is 0 Å². The third-order valence-electron chi connectivity index (χ3n) is 3.26. The van der Waals surface area contributed by atoms with Crippen molar-refractivity contribution in [1.29, 1.82) is 0 Å². The van der Waals surface area contributed by atoms with Crippen LogP contribution in [0.5, 0.6) is 0 Å². The number of aryl methyl sites for hydroxylation is 1. The molecule has 0 spiro atoms. The van der Waals surface area contributed by atoms with E-state index in [0.29, 0.717) is 11.4 Å². The second-order valence-corrected chi connectivity index (χ2v) is 4.69. The lowest BCUT2D eigenvalue weighted by molar-refractivity contribution is 0.0980. The monoisotopic (exact) mass is 290 g/mol. The standard InChI is InChI=1S/C16H16F2N2O/c1-3-20(12-7-5-11(19)6-8-12)16(21)14-13(17)9-4-10(2)15(14)18/h4-9H,3,19H2,1-2H3. The molecule has 0 saturated heterocycles. The number of carbonyl (C=O) groups excluding carboxylic acids is 1. The van der Waals surface area contributed by atoms with Gasteiger partial charge in [0.25, 0.3) is 5.91 Å². The fourth-order valence-electron chi connectivity index (χ4n) is 2.09. The fraction of sp³-hybridized carbons (Fsp3) is 0.188. The van der Waals surface area contributed by atoms with Gasteiger partial charge in [0.05, 0.1) is 0 Å². The Kier molecular flexibility index (Phi) is 4.21. The summed E-state index contributed by atoms with van der Waals surface area (Å²) in [6.07, 6.45) is 0. The van der Waals surface area contributed by atoms with Gasteiger partial charge >= 0.3 is 0 Å². The van der Waals surface area contributed by atoms with Crippen LogP contribution < -0.4 is 10.6 Å². The predicted molar refractivity (Wildman–Crippen MR) is 79.3 cm³/mol. The van der Waals surface area contributed by atoms with E-state index in [1.165, 1.54) is 17.9 Å². The molecule has 2 aromatic rings. The normalized spacial score (nSPS) is 10.5. The highest BCUT2D eigenvalue weighted by Crippen LogP contribution is 2.23. The highest BCUT2D eigenvalue weighted by Gasteiger charge is 2.24. The molecule has 0 aromatic heterocycles. The van der Waals surface area contributed by atoms with Gasteiger partial charge in [-0.15, -0.1) is 0 Å². The Morgan fingerprint density at radius 1 is 1.14 bits per heavy atom. The minimum absolute atomic E-state index is 0.230. The molecular weight excluding hydrogens is 274 g/mol. The van der Waals surface area contributed by atoms with Crippen LogP contribution in [0.1, 0.15) is 22.8 Å². The van der Waals surface area contributed by atoms with E-state index in [2.05, 4.69) is 0 Å². The zero-order valence-corrected chi connectivity index (χ0v) is 11.9. The molecule has 0 bridgehead atoms. The van der Waals surface area contributed by atoms with Crippen molar-refractivity contribution in [2.24, 2.45) is 0 Å². The van der Waals surface area contributed by atoms with Crippen LogP contribution in [0.15, 0.2) is 36.4 Å². The molecule has 5 heteroatoms. The number of nitrogen functional groups attached to an aromatic ring is 1. The number of amides is 1. The van der Waals surface area contributed by atoms with Gasteiger partial charge in [-0.3, -0.25) is 4.79 Å². The Morgan fingerprint density at radius 2 is 1.76 bits per heavy atom. The van der Waals surface area contributed by atoms with Gasteiger partial charge in [0, 0.05) is 17.9 Å². The fourth-order valence-corrected chi connectivity index (χ4v) is 2.09. The maximum atomic E-state index is 14.1. The van der Waals surface area contributed by atoms with Crippen LogP contribution in [0.3, 0.4) is 0 Å². The molecule has 0 saturated carbocycles. The zero-order valence-electron chi connectivity index (χ0n) is 11.9. The van der Waals surface area contributed by atoms with Crippen LogP contribution in [0.4, 0.5) is 20.2 Å². The van der Waals surface area contributed by atoms with Crippen molar-refractivity contribution in [3.05, 3.63) is 59.2 Å². The van der Waals surface area contributed by atoms with Gasteiger partial charge in [-0.05, 0) is 49.7 Å². The van der Waals surface area contributed by atoms with Crippen LogP contribution >= 0.6 is 0 Å². The molecule has 21 heavy (non-hydrogen) atoms. The van der Waals surface area contributed by atoms with Gasteiger partial charge in [0.15, 0.2) is 0 Å². The highest BCUT2D eigenvalue weighted by atomic mass is 19.1. The van der Waals surface area contributed by atoms with E-state index in [-0.39, 0.29) is 12.1 Å². The minimum Gasteiger partial charge on any atom is -0.399 e. The number of benzene rings is 2.